The number of rotatable bonds is 4. The maximum atomic E-state index is 11.6. The molecule has 0 unspecified atom stereocenters. The standard InChI is InChI=1S/C13H21N3O/c1-13(2,3)12(17)14-7-9-16-8-6-11(15-16)10-4-5-10/h6,8,10H,4-5,7,9H2,1-3H3,(H,14,17). The largest absolute Gasteiger partial charge is 0.354 e. The number of nitrogens with one attached hydrogen (secondary N) is 1. The van der Waals surface area contributed by atoms with Crippen molar-refractivity contribution in [2.75, 3.05) is 6.54 Å². The van der Waals surface area contributed by atoms with Crippen LogP contribution in [0.1, 0.15) is 45.2 Å². The van der Waals surface area contributed by atoms with Gasteiger partial charge in [-0.1, -0.05) is 20.8 Å². The van der Waals surface area contributed by atoms with Crippen LogP contribution in [0.4, 0.5) is 0 Å². The van der Waals surface area contributed by atoms with Gasteiger partial charge >= 0.3 is 0 Å². The molecular formula is C13H21N3O. The summed E-state index contributed by atoms with van der Waals surface area (Å²) in [7, 11) is 0. The molecule has 0 bridgehead atoms. The summed E-state index contributed by atoms with van der Waals surface area (Å²) in [4.78, 5) is 11.6. The summed E-state index contributed by atoms with van der Waals surface area (Å²) < 4.78 is 1.91. The molecule has 1 saturated carbocycles. The van der Waals surface area contributed by atoms with Crippen LogP contribution < -0.4 is 5.32 Å². The van der Waals surface area contributed by atoms with Crippen molar-refractivity contribution >= 4 is 5.91 Å². The number of aromatic nitrogens is 2. The fraction of sp³-hybridized carbons (Fsp3) is 0.692. The van der Waals surface area contributed by atoms with Crippen molar-refractivity contribution in [3.63, 3.8) is 0 Å². The molecule has 1 N–H and O–H groups in total. The molecule has 4 nitrogen and oxygen atoms in total. The minimum absolute atomic E-state index is 0.0899. The molecule has 0 spiro atoms. The van der Waals surface area contributed by atoms with E-state index in [-0.39, 0.29) is 11.3 Å². The lowest BCUT2D eigenvalue weighted by atomic mass is 9.96. The van der Waals surface area contributed by atoms with Crippen molar-refractivity contribution in [3.8, 4) is 0 Å². The lowest BCUT2D eigenvalue weighted by Crippen LogP contribution is -2.36. The van der Waals surface area contributed by atoms with E-state index in [2.05, 4.69) is 16.5 Å². The van der Waals surface area contributed by atoms with Crippen molar-refractivity contribution in [2.24, 2.45) is 5.41 Å². The first-order chi connectivity index (χ1) is 7.97. The van der Waals surface area contributed by atoms with E-state index in [1.165, 1.54) is 18.5 Å². The molecule has 0 saturated heterocycles. The third-order valence-electron chi connectivity index (χ3n) is 2.96. The highest BCUT2D eigenvalue weighted by molar-refractivity contribution is 5.81. The SMILES string of the molecule is CC(C)(C)C(=O)NCCn1ccc(C2CC2)n1. The Labute approximate surface area is 102 Å². The van der Waals surface area contributed by atoms with E-state index in [0.29, 0.717) is 12.5 Å². The van der Waals surface area contributed by atoms with Gasteiger partial charge in [-0.2, -0.15) is 5.10 Å². The van der Waals surface area contributed by atoms with Gasteiger partial charge < -0.3 is 5.32 Å². The van der Waals surface area contributed by atoms with Crippen molar-refractivity contribution in [3.05, 3.63) is 18.0 Å². The van der Waals surface area contributed by atoms with Gasteiger partial charge in [-0.05, 0) is 18.9 Å². The average molecular weight is 235 g/mol. The fourth-order valence-electron chi connectivity index (χ4n) is 1.65. The topological polar surface area (TPSA) is 46.9 Å². The van der Waals surface area contributed by atoms with Crippen molar-refractivity contribution in [1.29, 1.82) is 0 Å². The lowest BCUT2D eigenvalue weighted by molar-refractivity contribution is -0.128. The summed E-state index contributed by atoms with van der Waals surface area (Å²) in [6.45, 7) is 7.14. The van der Waals surface area contributed by atoms with Gasteiger partial charge in [0.05, 0.1) is 12.2 Å². The Bertz CT molecular complexity index is 399. The van der Waals surface area contributed by atoms with Gasteiger partial charge in [0.2, 0.25) is 5.91 Å². The van der Waals surface area contributed by atoms with Gasteiger partial charge in [-0.3, -0.25) is 9.48 Å². The van der Waals surface area contributed by atoms with Crippen LogP contribution in [0, 0.1) is 5.41 Å². The number of carbonyl (C=O) groups is 1. The first kappa shape index (κ1) is 12.1. The highest BCUT2D eigenvalue weighted by Gasteiger charge is 2.25. The van der Waals surface area contributed by atoms with Crippen LogP contribution in [0.2, 0.25) is 0 Å². The second kappa shape index (κ2) is 4.51. The van der Waals surface area contributed by atoms with Gasteiger partial charge in [0.15, 0.2) is 0 Å². The Kier molecular flexibility index (Phi) is 3.22. The van der Waals surface area contributed by atoms with Crippen molar-refractivity contribution in [2.45, 2.75) is 46.1 Å². The second-order valence-corrected chi connectivity index (χ2v) is 5.78. The predicted molar refractivity (Wildman–Crippen MR) is 66.7 cm³/mol. The molecule has 17 heavy (non-hydrogen) atoms. The molecule has 0 atom stereocenters. The van der Waals surface area contributed by atoms with Gasteiger partial charge in [0, 0.05) is 24.1 Å². The Morgan fingerprint density at radius 2 is 2.24 bits per heavy atom. The highest BCUT2D eigenvalue weighted by Crippen LogP contribution is 2.38. The zero-order valence-electron chi connectivity index (χ0n) is 10.9. The maximum Gasteiger partial charge on any atom is 0.225 e. The van der Waals surface area contributed by atoms with Crippen LogP contribution in [0.5, 0.6) is 0 Å². The number of amides is 1. The maximum absolute atomic E-state index is 11.6. The van der Waals surface area contributed by atoms with Crippen LogP contribution in [-0.2, 0) is 11.3 Å². The van der Waals surface area contributed by atoms with E-state index in [0.717, 1.165) is 6.54 Å². The van der Waals surface area contributed by atoms with E-state index >= 15 is 0 Å². The molecule has 1 heterocycles. The molecule has 4 heteroatoms. The normalized spacial score (nSPS) is 15.9. The first-order valence-corrected chi connectivity index (χ1v) is 6.28. The van der Waals surface area contributed by atoms with E-state index in [1.54, 1.807) is 0 Å². The molecular weight excluding hydrogens is 214 g/mol. The van der Waals surface area contributed by atoms with Gasteiger partial charge in [0.1, 0.15) is 0 Å². The molecule has 1 aromatic heterocycles. The predicted octanol–water partition coefficient (Wildman–Crippen LogP) is 1.92. The Hall–Kier alpha value is -1.32. The number of carbonyl (C=O) groups excluding carboxylic acids is 1. The summed E-state index contributed by atoms with van der Waals surface area (Å²) in [6.07, 6.45) is 4.55. The lowest BCUT2D eigenvalue weighted by Gasteiger charge is -2.17. The molecule has 1 fully saturated rings. The summed E-state index contributed by atoms with van der Waals surface area (Å²) in [5, 5.41) is 7.42. The molecule has 0 aliphatic heterocycles. The first-order valence-electron chi connectivity index (χ1n) is 6.28. The monoisotopic (exact) mass is 235 g/mol. The third kappa shape index (κ3) is 3.32. The molecule has 0 aromatic carbocycles. The number of nitrogens with zero attached hydrogens (tertiary/aromatic N) is 2. The third-order valence-corrected chi connectivity index (χ3v) is 2.96. The zero-order chi connectivity index (χ0) is 12.5. The quantitative estimate of drug-likeness (QED) is 0.866. The Balaban J connectivity index is 1.76. The fourth-order valence-corrected chi connectivity index (χ4v) is 1.65. The van der Waals surface area contributed by atoms with Gasteiger partial charge in [-0.25, -0.2) is 0 Å². The minimum Gasteiger partial charge on any atom is -0.354 e. The average Bonchev–Trinajstić information content (AvgIpc) is 2.98. The highest BCUT2D eigenvalue weighted by atomic mass is 16.2. The molecule has 1 aliphatic rings. The Morgan fingerprint density at radius 1 is 1.53 bits per heavy atom. The van der Waals surface area contributed by atoms with E-state index in [9.17, 15) is 4.79 Å². The molecule has 94 valence electrons. The van der Waals surface area contributed by atoms with Crippen LogP contribution in [0.25, 0.3) is 0 Å². The second-order valence-electron chi connectivity index (χ2n) is 5.78. The molecule has 1 aliphatic carbocycles. The van der Waals surface area contributed by atoms with E-state index in [1.807, 2.05) is 31.6 Å². The smallest absolute Gasteiger partial charge is 0.225 e. The molecule has 1 aromatic rings. The molecule has 1 amide bonds. The summed E-state index contributed by atoms with van der Waals surface area (Å²) in [5.74, 6) is 0.785. The zero-order valence-corrected chi connectivity index (χ0v) is 10.9. The Morgan fingerprint density at radius 3 is 2.82 bits per heavy atom. The van der Waals surface area contributed by atoms with E-state index in [4.69, 9.17) is 0 Å². The van der Waals surface area contributed by atoms with Crippen LogP contribution in [0.3, 0.4) is 0 Å². The number of hydrogen-bond donors (Lipinski definition) is 1. The summed E-state index contributed by atoms with van der Waals surface area (Å²) >= 11 is 0. The van der Waals surface area contributed by atoms with E-state index < -0.39 is 0 Å². The molecule has 2 rings (SSSR count). The minimum atomic E-state index is -0.316. The van der Waals surface area contributed by atoms with Crippen LogP contribution >= 0.6 is 0 Å². The van der Waals surface area contributed by atoms with Gasteiger partial charge in [0.25, 0.3) is 0 Å². The van der Waals surface area contributed by atoms with Crippen LogP contribution in [0.15, 0.2) is 12.3 Å². The van der Waals surface area contributed by atoms with Crippen LogP contribution in [-0.4, -0.2) is 22.2 Å². The van der Waals surface area contributed by atoms with Crippen molar-refractivity contribution in [1.82, 2.24) is 15.1 Å². The van der Waals surface area contributed by atoms with Crippen molar-refractivity contribution < 1.29 is 4.79 Å². The summed E-state index contributed by atoms with van der Waals surface area (Å²) in [6, 6.07) is 2.09. The number of hydrogen-bond acceptors (Lipinski definition) is 2. The summed E-state index contributed by atoms with van der Waals surface area (Å²) in [5.41, 5.74) is 0.885. The molecule has 0 radical (unpaired) electrons. The van der Waals surface area contributed by atoms with Gasteiger partial charge in [-0.15, -0.1) is 0 Å².